The van der Waals surface area contributed by atoms with Gasteiger partial charge in [0.1, 0.15) is 171 Å². The summed E-state index contributed by atoms with van der Waals surface area (Å²) in [5.41, 5.74) is 0. The minimum absolute atomic E-state index is 0.171. The Kier molecular flexibility index (Phi) is 51.9. The van der Waals surface area contributed by atoms with Crippen LogP contribution in [0.4, 0.5) is 0 Å². The summed E-state index contributed by atoms with van der Waals surface area (Å²) < 4.78 is 80.7. The minimum Gasteiger partial charge on any atom is -0.394 e. The lowest BCUT2D eigenvalue weighted by molar-refractivity contribution is -0.400. The van der Waals surface area contributed by atoms with Crippen molar-refractivity contribution in [2.45, 2.75) is 459 Å². The van der Waals surface area contributed by atoms with Gasteiger partial charge < -0.3 is 189 Å². The van der Waals surface area contributed by atoms with Crippen LogP contribution in [-0.4, -0.2) is 403 Å². The highest BCUT2D eigenvalue weighted by molar-refractivity contribution is 5.76. The first kappa shape index (κ1) is 109. The van der Waals surface area contributed by atoms with Crippen molar-refractivity contribution in [2.24, 2.45) is 0 Å². The summed E-state index contributed by atoms with van der Waals surface area (Å²) in [6.07, 6.45) is -25.0. The summed E-state index contributed by atoms with van der Waals surface area (Å²) in [5.74, 6) is -0.345. The standard InChI is InChI=1S/C86H155NO38/c1-3-5-7-9-11-13-15-17-18-19-20-21-22-23-24-25-26-28-30-32-34-36-38-40-58(96)87-49(50(95)39-37-35-33-31-29-27-16-14-12-10-8-6-4-2)48-112-80-68(106)65(103)74(56(46-93)118-80)120-82-69(107)66(104)75(57(47-94)119-82)121-83-70(108)77(61(99)52(42-89)114-83)123-85-72(110)79(63(101)54(44-91)116-85)125-86-73(111)78(62(100)55(45-92)117-86)124-84-71(109)76(60(98)53(43-90)115-84)122-81-67(105)64(102)59(97)51(41-88)113-81/h17-18,37,39,49-57,59-86,88-95,97-111H,3-16,19-36,38,40-48H2,1-2H3,(H,87,96)/b18-17-,39-37+/t49-,50+,51?,52?,53?,54?,55?,56?,57?,59-,60-,61-,62-,63-,64-,65+,66+,67?,68?,69?,70?,71?,72?,73?,74+,75-,76-,77-,78-,79-,80+,81+,82-,83-,84+,85+,86+/m0/s1. The molecule has 7 aliphatic heterocycles. The van der Waals surface area contributed by atoms with Gasteiger partial charge in [-0.2, -0.15) is 0 Å². The molecule has 0 aliphatic carbocycles. The Bertz CT molecular complexity index is 2870. The van der Waals surface area contributed by atoms with Crippen molar-refractivity contribution < 1.29 is 189 Å². The van der Waals surface area contributed by atoms with Gasteiger partial charge in [0, 0.05) is 6.42 Å². The molecule has 37 atom stereocenters. The molecule has 24 N–H and O–H groups in total. The first-order chi connectivity index (χ1) is 60.3. The Morgan fingerprint density at radius 1 is 0.280 bits per heavy atom. The first-order valence-corrected chi connectivity index (χ1v) is 46.2. The summed E-state index contributed by atoms with van der Waals surface area (Å²) in [5, 5.41) is 258. The smallest absolute Gasteiger partial charge is 0.220 e. The van der Waals surface area contributed by atoms with E-state index in [-0.39, 0.29) is 12.3 Å². The molecule has 0 spiro atoms. The van der Waals surface area contributed by atoms with Crippen molar-refractivity contribution in [1.82, 2.24) is 5.32 Å². The van der Waals surface area contributed by atoms with E-state index in [4.69, 9.17) is 66.3 Å². The molecule has 7 heterocycles. The van der Waals surface area contributed by atoms with Crippen LogP contribution in [0.15, 0.2) is 24.3 Å². The number of amides is 1. The zero-order valence-corrected chi connectivity index (χ0v) is 72.8. The van der Waals surface area contributed by atoms with Crippen LogP contribution in [0.2, 0.25) is 0 Å². The molecular formula is C86H155NO38. The number of rotatable bonds is 60. The lowest BCUT2D eigenvalue weighted by atomic mass is 9.95. The number of hydrogen-bond acceptors (Lipinski definition) is 38. The van der Waals surface area contributed by atoms with E-state index in [0.717, 1.165) is 51.4 Å². The fourth-order valence-electron chi connectivity index (χ4n) is 16.9. The van der Waals surface area contributed by atoms with Crippen molar-refractivity contribution >= 4 is 5.91 Å². The van der Waals surface area contributed by atoms with Crippen molar-refractivity contribution in [3.63, 3.8) is 0 Å². The van der Waals surface area contributed by atoms with Gasteiger partial charge in [-0.05, 0) is 44.9 Å². The summed E-state index contributed by atoms with van der Waals surface area (Å²) >= 11 is 0. The van der Waals surface area contributed by atoms with Gasteiger partial charge in [0.05, 0.1) is 65.0 Å². The topological polar surface area (TPSA) is 624 Å². The Labute approximate surface area is 733 Å². The molecule has 0 saturated carbocycles. The number of carbonyl (C=O) groups is 1. The van der Waals surface area contributed by atoms with Gasteiger partial charge in [-0.15, -0.1) is 0 Å². The monoisotopic (exact) mass is 1810 g/mol. The second-order valence-corrected chi connectivity index (χ2v) is 34.5. The zero-order chi connectivity index (χ0) is 91.1. The lowest BCUT2D eigenvalue weighted by Gasteiger charge is -2.50. The van der Waals surface area contributed by atoms with Gasteiger partial charge in [0.25, 0.3) is 0 Å². The van der Waals surface area contributed by atoms with E-state index >= 15 is 0 Å². The summed E-state index contributed by atoms with van der Waals surface area (Å²) in [6, 6.07) is -1.07. The minimum atomic E-state index is -2.34. The third-order valence-electron chi connectivity index (χ3n) is 24.7. The molecule has 1 amide bonds. The van der Waals surface area contributed by atoms with Crippen molar-refractivity contribution in [3.8, 4) is 0 Å². The van der Waals surface area contributed by atoms with Crippen LogP contribution >= 0.6 is 0 Å². The van der Waals surface area contributed by atoms with E-state index in [2.05, 4.69) is 31.3 Å². The van der Waals surface area contributed by atoms with Gasteiger partial charge in [0.2, 0.25) is 5.91 Å². The van der Waals surface area contributed by atoms with Crippen LogP contribution in [0.5, 0.6) is 0 Å². The predicted molar refractivity (Wildman–Crippen MR) is 440 cm³/mol. The number of hydrogen-bond donors (Lipinski definition) is 24. The highest BCUT2D eigenvalue weighted by atomic mass is 16.8. The number of carbonyl (C=O) groups excluding carboxylic acids is 1. The Morgan fingerprint density at radius 3 is 0.848 bits per heavy atom. The highest BCUT2D eigenvalue weighted by Gasteiger charge is 2.59. The number of ether oxygens (including phenoxy) is 14. The molecule has 7 rings (SSSR count). The SMILES string of the molecule is CCCCCCCC/C=C\CCCCCCCCCCCCCCCC(=O)N[C@@H](CO[C@@H]1OC(CO)[C@@H](O[C@@H]2OC(CO)[C@H](O[C@@H]3OC(CO)[C@H](O)[C@H](O[C@H]4OC(CO)[C@H](O)[C@H](O[C@H]5OC(CO)[C@H](O)[C@H](O[C@H]6OC(CO)[C@H](O)[C@H](O[C@H]7OC(CO)[C@H](O)[C@H](O)C7O)C6O)C5O)C4O)C3O)[C@H](O)C2O)[C@H](O)C1O)[C@H](O)/C=C/CCCCCCCCCCCCC. The highest BCUT2D eigenvalue weighted by Crippen LogP contribution is 2.39. The molecule has 39 nitrogen and oxygen atoms in total. The third-order valence-corrected chi connectivity index (χ3v) is 24.7. The van der Waals surface area contributed by atoms with E-state index in [9.17, 15) is 122 Å². The molecule has 7 fully saturated rings. The van der Waals surface area contributed by atoms with Gasteiger partial charge in [-0.1, -0.05) is 205 Å². The quantitative estimate of drug-likeness (QED) is 0.0231. The number of allylic oxidation sites excluding steroid dienone is 3. The van der Waals surface area contributed by atoms with Crippen LogP contribution < -0.4 is 5.32 Å². The maximum Gasteiger partial charge on any atom is 0.220 e. The molecule has 0 radical (unpaired) electrons. The molecule has 125 heavy (non-hydrogen) atoms. The number of unbranched alkanes of at least 4 members (excludes halogenated alkanes) is 30. The van der Waals surface area contributed by atoms with E-state index in [0.29, 0.717) is 12.8 Å². The van der Waals surface area contributed by atoms with Gasteiger partial charge in [-0.3, -0.25) is 4.79 Å². The molecule has 0 bridgehead atoms. The second kappa shape index (κ2) is 59.3. The average Bonchev–Trinajstić information content (AvgIpc) is 0.763. The van der Waals surface area contributed by atoms with Crippen LogP contribution in [-0.2, 0) is 71.1 Å². The molecule has 732 valence electrons. The number of nitrogens with one attached hydrogen (secondary N) is 1. The zero-order valence-electron chi connectivity index (χ0n) is 72.8. The maximum atomic E-state index is 13.6. The van der Waals surface area contributed by atoms with E-state index in [1.807, 2.05) is 6.08 Å². The van der Waals surface area contributed by atoms with Gasteiger partial charge in [0.15, 0.2) is 44.0 Å². The van der Waals surface area contributed by atoms with Crippen LogP contribution in [0.3, 0.4) is 0 Å². The summed E-state index contributed by atoms with van der Waals surface area (Å²) in [6.45, 7) is -3.18. The van der Waals surface area contributed by atoms with E-state index in [1.165, 1.54) is 148 Å². The maximum absolute atomic E-state index is 13.6. The fraction of sp³-hybridized carbons (Fsp3) is 0.942. The van der Waals surface area contributed by atoms with E-state index in [1.54, 1.807) is 6.08 Å². The summed E-state index contributed by atoms with van der Waals surface area (Å²) in [4.78, 5) is 13.6. The third kappa shape index (κ3) is 33.2. The van der Waals surface area contributed by atoms with Gasteiger partial charge >= 0.3 is 0 Å². The van der Waals surface area contributed by atoms with Crippen LogP contribution in [0.1, 0.15) is 232 Å². The number of aliphatic hydroxyl groups excluding tert-OH is 23. The number of aliphatic hydroxyl groups is 23. The predicted octanol–water partition coefficient (Wildman–Crippen LogP) is -1.99. The van der Waals surface area contributed by atoms with Crippen molar-refractivity contribution in [3.05, 3.63) is 24.3 Å². The molecule has 7 saturated heterocycles. The summed E-state index contributed by atoms with van der Waals surface area (Å²) in [7, 11) is 0. The van der Waals surface area contributed by atoms with Crippen LogP contribution in [0, 0.1) is 0 Å². The molecule has 0 aromatic rings. The lowest BCUT2D eigenvalue weighted by Crippen LogP contribution is -2.68. The Hall–Kier alpha value is -2.53. The normalized spacial score (nSPS) is 38.5. The van der Waals surface area contributed by atoms with Crippen molar-refractivity contribution in [1.29, 1.82) is 0 Å². The van der Waals surface area contributed by atoms with Gasteiger partial charge in [-0.25, -0.2) is 0 Å². The molecule has 0 aromatic heterocycles. The average molecular weight is 1810 g/mol. The molecule has 7 aliphatic rings. The molecule has 39 heteroatoms. The van der Waals surface area contributed by atoms with Crippen LogP contribution in [0.25, 0.3) is 0 Å². The Morgan fingerprint density at radius 2 is 0.528 bits per heavy atom. The van der Waals surface area contributed by atoms with Crippen molar-refractivity contribution in [2.75, 3.05) is 52.9 Å². The second-order valence-electron chi connectivity index (χ2n) is 34.5. The Balaban J connectivity index is 0.914. The fourth-order valence-corrected chi connectivity index (χ4v) is 16.9. The molecular weight excluding hydrogens is 1650 g/mol. The molecule has 14 unspecified atom stereocenters. The first-order valence-electron chi connectivity index (χ1n) is 46.2. The van der Waals surface area contributed by atoms with E-state index < -0.39 is 280 Å². The largest absolute Gasteiger partial charge is 0.394 e. The molecule has 0 aromatic carbocycles.